The monoisotopic (exact) mass is 185 g/mol. The van der Waals surface area contributed by atoms with Gasteiger partial charge in [-0.1, -0.05) is 0 Å². The SMILES string of the molecule is CCOC(=O)/C(C)=C(/C)NC(C)=O. The molecule has 0 saturated heterocycles. The first-order valence-electron chi connectivity index (χ1n) is 4.11. The van der Waals surface area contributed by atoms with Crippen molar-refractivity contribution < 1.29 is 14.3 Å². The quantitative estimate of drug-likeness (QED) is 0.526. The van der Waals surface area contributed by atoms with Gasteiger partial charge >= 0.3 is 5.97 Å². The second-order valence-corrected chi connectivity index (χ2v) is 2.65. The summed E-state index contributed by atoms with van der Waals surface area (Å²) in [4.78, 5) is 21.8. The van der Waals surface area contributed by atoms with Crippen molar-refractivity contribution in [2.24, 2.45) is 0 Å². The zero-order valence-corrected chi connectivity index (χ0v) is 8.43. The molecule has 0 aliphatic carbocycles. The number of allylic oxidation sites excluding steroid dienone is 1. The van der Waals surface area contributed by atoms with Crippen LogP contribution in [0.1, 0.15) is 27.7 Å². The topological polar surface area (TPSA) is 55.4 Å². The molecule has 13 heavy (non-hydrogen) atoms. The van der Waals surface area contributed by atoms with Crippen LogP contribution < -0.4 is 5.32 Å². The minimum atomic E-state index is -0.395. The van der Waals surface area contributed by atoms with Crippen LogP contribution in [0.3, 0.4) is 0 Å². The predicted octanol–water partition coefficient (Wildman–Crippen LogP) is 0.980. The zero-order chi connectivity index (χ0) is 10.4. The Hall–Kier alpha value is -1.32. The summed E-state index contributed by atoms with van der Waals surface area (Å²) in [5.74, 6) is -0.588. The highest BCUT2D eigenvalue weighted by Crippen LogP contribution is 2.02. The molecule has 0 aromatic rings. The summed E-state index contributed by atoms with van der Waals surface area (Å²) < 4.78 is 4.76. The highest BCUT2D eigenvalue weighted by atomic mass is 16.5. The minimum absolute atomic E-state index is 0.193. The van der Waals surface area contributed by atoms with E-state index in [0.29, 0.717) is 17.9 Å². The zero-order valence-electron chi connectivity index (χ0n) is 8.43. The number of nitrogens with one attached hydrogen (secondary N) is 1. The third-order valence-electron chi connectivity index (χ3n) is 1.51. The lowest BCUT2D eigenvalue weighted by molar-refractivity contribution is -0.138. The highest BCUT2D eigenvalue weighted by Gasteiger charge is 2.08. The van der Waals surface area contributed by atoms with E-state index >= 15 is 0 Å². The lowest BCUT2D eigenvalue weighted by atomic mass is 10.2. The van der Waals surface area contributed by atoms with Crippen LogP contribution in [0.15, 0.2) is 11.3 Å². The summed E-state index contributed by atoms with van der Waals surface area (Å²) in [7, 11) is 0. The van der Waals surface area contributed by atoms with Crippen molar-refractivity contribution in [2.75, 3.05) is 6.61 Å². The molecule has 0 saturated carbocycles. The Kier molecular flexibility index (Phi) is 4.80. The van der Waals surface area contributed by atoms with E-state index in [1.807, 2.05) is 0 Å². The molecule has 0 aliphatic heterocycles. The van der Waals surface area contributed by atoms with E-state index in [1.165, 1.54) is 6.92 Å². The predicted molar refractivity (Wildman–Crippen MR) is 48.8 cm³/mol. The number of esters is 1. The van der Waals surface area contributed by atoms with Crippen LogP contribution in [0.25, 0.3) is 0 Å². The molecule has 0 aliphatic rings. The van der Waals surface area contributed by atoms with Gasteiger partial charge in [-0.2, -0.15) is 0 Å². The summed E-state index contributed by atoms with van der Waals surface area (Å²) in [6, 6.07) is 0. The van der Waals surface area contributed by atoms with E-state index in [9.17, 15) is 9.59 Å². The van der Waals surface area contributed by atoms with Gasteiger partial charge in [-0.05, 0) is 20.8 Å². The van der Waals surface area contributed by atoms with Crippen LogP contribution in [0.5, 0.6) is 0 Å². The van der Waals surface area contributed by atoms with E-state index in [-0.39, 0.29) is 5.91 Å². The summed E-state index contributed by atoms with van der Waals surface area (Å²) >= 11 is 0. The maximum absolute atomic E-state index is 11.1. The third kappa shape index (κ3) is 4.30. The molecule has 0 spiro atoms. The summed E-state index contributed by atoms with van der Waals surface area (Å²) in [5, 5.41) is 2.52. The maximum Gasteiger partial charge on any atom is 0.335 e. The molecule has 0 atom stereocenters. The van der Waals surface area contributed by atoms with Gasteiger partial charge in [0.2, 0.25) is 5.91 Å². The number of rotatable bonds is 3. The fourth-order valence-corrected chi connectivity index (χ4v) is 0.750. The van der Waals surface area contributed by atoms with Crippen LogP contribution >= 0.6 is 0 Å². The van der Waals surface area contributed by atoms with Gasteiger partial charge in [-0.3, -0.25) is 4.79 Å². The molecule has 0 heterocycles. The molecule has 0 bridgehead atoms. The number of ether oxygens (including phenoxy) is 1. The van der Waals surface area contributed by atoms with Crippen molar-refractivity contribution in [3.05, 3.63) is 11.3 Å². The Morgan fingerprint density at radius 1 is 1.23 bits per heavy atom. The number of carbonyl (C=O) groups is 2. The van der Waals surface area contributed by atoms with Crippen molar-refractivity contribution in [1.29, 1.82) is 0 Å². The molecule has 0 rings (SSSR count). The van der Waals surface area contributed by atoms with E-state index in [0.717, 1.165) is 0 Å². The molecule has 1 N–H and O–H groups in total. The fourth-order valence-electron chi connectivity index (χ4n) is 0.750. The first-order chi connectivity index (χ1) is 5.99. The Morgan fingerprint density at radius 2 is 1.77 bits per heavy atom. The van der Waals surface area contributed by atoms with Gasteiger partial charge in [0.25, 0.3) is 0 Å². The van der Waals surface area contributed by atoms with Gasteiger partial charge in [0.1, 0.15) is 0 Å². The second-order valence-electron chi connectivity index (χ2n) is 2.65. The molecule has 0 unspecified atom stereocenters. The Labute approximate surface area is 78.0 Å². The molecule has 0 radical (unpaired) electrons. The molecule has 0 aromatic carbocycles. The number of amides is 1. The molecule has 0 fully saturated rings. The number of hydrogen-bond acceptors (Lipinski definition) is 3. The normalized spacial score (nSPS) is 11.7. The first kappa shape index (κ1) is 11.7. The average molecular weight is 185 g/mol. The largest absolute Gasteiger partial charge is 0.463 e. The smallest absolute Gasteiger partial charge is 0.335 e. The van der Waals surface area contributed by atoms with Gasteiger partial charge in [-0.15, -0.1) is 0 Å². The van der Waals surface area contributed by atoms with E-state index in [2.05, 4.69) is 5.32 Å². The number of hydrogen-bond donors (Lipinski definition) is 1. The van der Waals surface area contributed by atoms with Crippen molar-refractivity contribution in [3.8, 4) is 0 Å². The summed E-state index contributed by atoms with van der Waals surface area (Å²) in [5.41, 5.74) is 0.961. The van der Waals surface area contributed by atoms with Crippen LogP contribution in [-0.2, 0) is 14.3 Å². The van der Waals surface area contributed by atoms with Crippen molar-refractivity contribution in [3.63, 3.8) is 0 Å². The van der Waals surface area contributed by atoms with Gasteiger partial charge in [-0.25, -0.2) is 4.79 Å². The summed E-state index contributed by atoms with van der Waals surface area (Å²) in [6.07, 6.45) is 0. The molecular formula is C9H15NO3. The fraction of sp³-hybridized carbons (Fsp3) is 0.556. The molecule has 0 aromatic heterocycles. The van der Waals surface area contributed by atoms with E-state index in [4.69, 9.17) is 4.74 Å². The third-order valence-corrected chi connectivity index (χ3v) is 1.51. The maximum atomic E-state index is 11.1. The molecule has 74 valence electrons. The van der Waals surface area contributed by atoms with Crippen LogP contribution in [0.2, 0.25) is 0 Å². The first-order valence-corrected chi connectivity index (χ1v) is 4.11. The van der Waals surface area contributed by atoms with Crippen molar-refractivity contribution >= 4 is 11.9 Å². The van der Waals surface area contributed by atoms with Gasteiger partial charge in [0.05, 0.1) is 12.2 Å². The second kappa shape index (κ2) is 5.35. The van der Waals surface area contributed by atoms with Gasteiger partial charge < -0.3 is 10.1 Å². The Bertz CT molecular complexity index is 243. The van der Waals surface area contributed by atoms with Crippen LogP contribution in [0.4, 0.5) is 0 Å². The van der Waals surface area contributed by atoms with E-state index < -0.39 is 5.97 Å². The highest BCUT2D eigenvalue weighted by molar-refractivity contribution is 5.89. The lowest BCUT2D eigenvalue weighted by Gasteiger charge is -2.06. The van der Waals surface area contributed by atoms with Crippen LogP contribution in [0, 0.1) is 0 Å². The minimum Gasteiger partial charge on any atom is -0.463 e. The van der Waals surface area contributed by atoms with E-state index in [1.54, 1.807) is 20.8 Å². The van der Waals surface area contributed by atoms with Crippen molar-refractivity contribution in [2.45, 2.75) is 27.7 Å². The van der Waals surface area contributed by atoms with Crippen molar-refractivity contribution in [1.82, 2.24) is 5.32 Å². The molecule has 1 amide bonds. The van der Waals surface area contributed by atoms with Gasteiger partial charge in [0, 0.05) is 12.6 Å². The standard InChI is InChI=1S/C9H15NO3/c1-5-13-9(12)6(2)7(3)10-8(4)11/h5H2,1-4H3,(H,10,11)/b7-6-. The Balaban J connectivity index is 4.41. The molecule has 4 nitrogen and oxygen atoms in total. The Morgan fingerprint density at radius 3 is 2.15 bits per heavy atom. The summed E-state index contributed by atoms with van der Waals surface area (Å²) in [6.45, 7) is 6.74. The lowest BCUT2D eigenvalue weighted by Crippen LogP contribution is -2.21. The van der Waals surface area contributed by atoms with Gasteiger partial charge in [0.15, 0.2) is 0 Å². The molecular weight excluding hydrogens is 170 g/mol. The average Bonchev–Trinajstić information content (AvgIpc) is 2.02. The van der Waals surface area contributed by atoms with Crippen LogP contribution in [-0.4, -0.2) is 18.5 Å². The number of carbonyl (C=O) groups excluding carboxylic acids is 2. The molecule has 4 heteroatoms.